The number of Topliss-reactive ketones (excluding diaryl/α,β-unsaturated/α-hetero) is 1. The topological polar surface area (TPSA) is 26.3 Å². The van der Waals surface area contributed by atoms with Gasteiger partial charge in [-0.15, -0.1) is 0 Å². The average molecular weight is 227 g/mol. The number of hydrogen-bond acceptors (Lipinski definition) is 2. The van der Waals surface area contributed by atoms with E-state index in [1.54, 1.807) is 13.2 Å². The lowest BCUT2D eigenvalue weighted by molar-refractivity contribution is 0.0984. The smallest absolute Gasteiger partial charge is 0.166 e. The Labute approximate surface area is 95.2 Å². The molecular formula is C12H15ClO2. The van der Waals surface area contributed by atoms with Gasteiger partial charge >= 0.3 is 0 Å². The van der Waals surface area contributed by atoms with E-state index in [9.17, 15) is 4.79 Å². The average Bonchev–Trinajstić information content (AvgIpc) is 2.24. The number of aryl methyl sites for hydroxylation is 1. The molecule has 0 radical (unpaired) electrons. The summed E-state index contributed by atoms with van der Waals surface area (Å²) in [6.45, 7) is 5.58. The fourth-order valence-corrected chi connectivity index (χ4v) is 1.76. The minimum Gasteiger partial charge on any atom is -0.496 e. The van der Waals surface area contributed by atoms with Crippen LogP contribution in [0.5, 0.6) is 5.75 Å². The minimum absolute atomic E-state index is 0.0613. The van der Waals surface area contributed by atoms with Crippen molar-refractivity contribution in [3.8, 4) is 5.75 Å². The monoisotopic (exact) mass is 226 g/mol. The van der Waals surface area contributed by atoms with E-state index in [0.717, 1.165) is 11.1 Å². The van der Waals surface area contributed by atoms with Gasteiger partial charge in [-0.25, -0.2) is 0 Å². The third-order valence-corrected chi connectivity index (χ3v) is 3.05. The molecule has 0 heterocycles. The van der Waals surface area contributed by atoms with Crippen molar-refractivity contribution >= 4 is 17.4 Å². The number of carbonyl (C=O) groups excluding carboxylic acids is 1. The zero-order chi connectivity index (χ0) is 11.6. The first-order valence-corrected chi connectivity index (χ1v) is 5.27. The molecule has 0 fully saturated rings. The van der Waals surface area contributed by atoms with Crippen LogP contribution in [0.1, 0.15) is 34.8 Å². The normalized spacial score (nSPS) is 10.2. The summed E-state index contributed by atoms with van der Waals surface area (Å²) in [5.41, 5.74) is 2.34. The van der Waals surface area contributed by atoms with Gasteiger partial charge in [-0.05, 0) is 31.0 Å². The van der Waals surface area contributed by atoms with E-state index in [4.69, 9.17) is 16.3 Å². The molecule has 0 aromatic heterocycles. The standard InChI is InChI=1S/C12H15ClO2/c1-5-9(14)11-8(3)12(13)7(2)6-10(11)15-4/h6H,5H2,1-4H3. The molecule has 0 saturated heterocycles. The molecule has 0 bridgehead atoms. The third kappa shape index (κ3) is 2.15. The van der Waals surface area contributed by atoms with Crippen molar-refractivity contribution in [1.82, 2.24) is 0 Å². The predicted octanol–water partition coefficient (Wildman–Crippen LogP) is 3.56. The summed E-state index contributed by atoms with van der Waals surface area (Å²) in [4.78, 5) is 11.7. The van der Waals surface area contributed by atoms with Crippen LogP contribution < -0.4 is 4.74 Å². The number of ketones is 1. The first kappa shape index (κ1) is 12.1. The number of halogens is 1. The quantitative estimate of drug-likeness (QED) is 0.737. The number of benzene rings is 1. The largest absolute Gasteiger partial charge is 0.496 e. The van der Waals surface area contributed by atoms with Crippen molar-refractivity contribution in [1.29, 1.82) is 0 Å². The number of rotatable bonds is 3. The number of carbonyl (C=O) groups is 1. The van der Waals surface area contributed by atoms with E-state index in [-0.39, 0.29) is 5.78 Å². The molecule has 82 valence electrons. The van der Waals surface area contributed by atoms with Crippen molar-refractivity contribution in [2.45, 2.75) is 27.2 Å². The van der Waals surface area contributed by atoms with E-state index in [0.29, 0.717) is 22.8 Å². The summed E-state index contributed by atoms with van der Waals surface area (Å²) in [5.74, 6) is 0.674. The fraction of sp³-hybridized carbons (Fsp3) is 0.417. The molecule has 1 aromatic carbocycles. The van der Waals surface area contributed by atoms with Gasteiger partial charge in [0.05, 0.1) is 12.7 Å². The van der Waals surface area contributed by atoms with E-state index >= 15 is 0 Å². The molecule has 0 amide bonds. The number of hydrogen-bond donors (Lipinski definition) is 0. The van der Waals surface area contributed by atoms with Gasteiger partial charge in [0.25, 0.3) is 0 Å². The summed E-state index contributed by atoms with van der Waals surface area (Å²) in [6, 6.07) is 1.80. The molecule has 15 heavy (non-hydrogen) atoms. The van der Waals surface area contributed by atoms with Crippen LogP contribution in [-0.2, 0) is 0 Å². The Morgan fingerprint density at radius 1 is 1.47 bits per heavy atom. The van der Waals surface area contributed by atoms with Crippen LogP contribution >= 0.6 is 11.6 Å². The highest BCUT2D eigenvalue weighted by molar-refractivity contribution is 6.32. The number of ether oxygens (including phenoxy) is 1. The SMILES string of the molecule is CCC(=O)c1c(OC)cc(C)c(Cl)c1C. The van der Waals surface area contributed by atoms with E-state index in [2.05, 4.69) is 0 Å². The Hall–Kier alpha value is -1.02. The first-order valence-electron chi connectivity index (χ1n) is 4.89. The van der Waals surface area contributed by atoms with Crippen molar-refractivity contribution < 1.29 is 9.53 Å². The van der Waals surface area contributed by atoms with Crippen molar-refractivity contribution in [2.24, 2.45) is 0 Å². The summed E-state index contributed by atoms with van der Waals surface area (Å²) in [7, 11) is 1.56. The second-order valence-electron chi connectivity index (χ2n) is 3.49. The van der Waals surface area contributed by atoms with Gasteiger partial charge in [0.1, 0.15) is 5.75 Å². The van der Waals surface area contributed by atoms with Crippen LogP contribution in [0.15, 0.2) is 6.07 Å². The Balaban J connectivity index is 3.47. The minimum atomic E-state index is 0.0613. The predicted molar refractivity (Wildman–Crippen MR) is 62.1 cm³/mol. The van der Waals surface area contributed by atoms with Gasteiger partial charge in [0.15, 0.2) is 5.78 Å². The summed E-state index contributed by atoms with van der Waals surface area (Å²) >= 11 is 6.11. The van der Waals surface area contributed by atoms with Gasteiger partial charge in [-0.1, -0.05) is 18.5 Å². The van der Waals surface area contributed by atoms with Crippen LogP contribution in [0.2, 0.25) is 5.02 Å². The van der Waals surface area contributed by atoms with E-state index in [1.165, 1.54) is 0 Å². The van der Waals surface area contributed by atoms with Crippen molar-refractivity contribution in [2.75, 3.05) is 7.11 Å². The number of methoxy groups -OCH3 is 1. The molecular weight excluding hydrogens is 212 g/mol. The van der Waals surface area contributed by atoms with Crippen molar-refractivity contribution in [3.05, 3.63) is 27.8 Å². The molecule has 0 N–H and O–H groups in total. The summed E-state index contributed by atoms with van der Waals surface area (Å²) < 4.78 is 5.21. The van der Waals surface area contributed by atoms with E-state index in [1.807, 2.05) is 20.8 Å². The zero-order valence-electron chi connectivity index (χ0n) is 9.48. The maximum Gasteiger partial charge on any atom is 0.166 e. The maximum atomic E-state index is 11.7. The van der Waals surface area contributed by atoms with E-state index < -0.39 is 0 Å². The first-order chi connectivity index (χ1) is 7.02. The molecule has 0 aliphatic carbocycles. The maximum absolute atomic E-state index is 11.7. The fourth-order valence-electron chi connectivity index (χ4n) is 1.61. The summed E-state index contributed by atoms with van der Waals surface area (Å²) in [6.07, 6.45) is 0.455. The Kier molecular flexibility index (Phi) is 3.75. The van der Waals surface area contributed by atoms with Crippen molar-refractivity contribution in [3.63, 3.8) is 0 Å². The van der Waals surface area contributed by atoms with Gasteiger partial charge in [-0.3, -0.25) is 4.79 Å². The highest BCUT2D eigenvalue weighted by Gasteiger charge is 2.17. The highest BCUT2D eigenvalue weighted by Crippen LogP contribution is 2.32. The molecule has 0 spiro atoms. The van der Waals surface area contributed by atoms with Gasteiger partial charge in [0.2, 0.25) is 0 Å². The highest BCUT2D eigenvalue weighted by atomic mass is 35.5. The molecule has 0 aliphatic rings. The van der Waals surface area contributed by atoms with Gasteiger partial charge in [-0.2, -0.15) is 0 Å². The van der Waals surface area contributed by atoms with Crippen LogP contribution in [0.3, 0.4) is 0 Å². The second kappa shape index (κ2) is 4.67. The second-order valence-corrected chi connectivity index (χ2v) is 3.86. The molecule has 2 nitrogen and oxygen atoms in total. The van der Waals surface area contributed by atoms with Crippen LogP contribution in [0.4, 0.5) is 0 Å². The lowest BCUT2D eigenvalue weighted by Gasteiger charge is -2.13. The van der Waals surface area contributed by atoms with Crippen LogP contribution in [0, 0.1) is 13.8 Å². The Morgan fingerprint density at radius 2 is 2.07 bits per heavy atom. The lowest BCUT2D eigenvalue weighted by Crippen LogP contribution is -2.05. The Morgan fingerprint density at radius 3 is 2.53 bits per heavy atom. The zero-order valence-corrected chi connectivity index (χ0v) is 10.2. The molecule has 0 aliphatic heterocycles. The molecule has 0 saturated carbocycles. The molecule has 3 heteroatoms. The molecule has 0 atom stereocenters. The summed E-state index contributed by atoms with van der Waals surface area (Å²) in [5, 5.41) is 0.646. The molecule has 0 unspecified atom stereocenters. The molecule has 1 aromatic rings. The van der Waals surface area contributed by atoms with Gasteiger partial charge in [0, 0.05) is 11.4 Å². The lowest BCUT2D eigenvalue weighted by atomic mass is 9.99. The van der Waals surface area contributed by atoms with Crippen LogP contribution in [-0.4, -0.2) is 12.9 Å². The van der Waals surface area contributed by atoms with Gasteiger partial charge < -0.3 is 4.74 Å². The third-order valence-electron chi connectivity index (χ3n) is 2.46. The molecule has 1 rings (SSSR count). The van der Waals surface area contributed by atoms with Crippen LogP contribution in [0.25, 0.3) is 0 Å². The Bertz CT molecular complexity index is 397.